The van der Waals surface area contributed by atoms with Crippen LogP contribution in [0.2, 0.25) is 0 Å². The van der Waals surface area contributed by atoms with E-state index in [0.717, 1.165) is 22.3 Å². The molecule has 0 bridgehead atoms. The van der Waals surface area contributed by atoms with Crippen LogP contribution in [0.3, 0.4) is 0 Å². The normalized spacial score (nSPS) is 11.5. The molecule has 2 aromatic carbocycles. The molecule has 0 saturated heterocycles. The summed E-state index contributed by atoms with van der Waals surface area (Å²) in [6.07, 6.45) is 0.586. The third kappa shape index (κ3) is 5.23. The van der Waals surface area contributed by atoms with Gasteiger partial charge in [0.15, 0.2) is 0 Å². The lowest BCUT2D eigenvalue weighted by molar-refractivity contribution is -0.140. The van der Waals surface area contributed by atoms with E-state index in [9.17, 15) is 9.59 Å². The minimum Gasteiger partial charge on any atom is -0.496 e. The fraction of sp³-hybridized carbons (Fsp3) is 0.333. The van der Waals surface area contributed by atoms with Crippen LogP contribution in [0.5, 0.6) is 11.5 Å². The van der Waals surface area contributed by atoms with E-state index in [-0.39, 0.29) is 6.42 Å². The number of benzene rings is 2. The number of hydrogen-bond donors (Lipinski definition) is 2. The van der Waals surface area contributed by atoms with Gasteiger partial charge < -0.3 is 24.6 Å². The van der Waals surface area contributed by atoms with Gasteiger partial charge in [0.2, 0.25) is 6.41 Å². The molecule has 7 heteroatoms. The maximum atomic E-state index is 11.2. The average Bonchev–Trinajstić information content (AvgIpc) is 2.71. The standard InChI is InChI=1S/C21H25NO6/c1-4-28-12-15-10-18(26-2)20(19(11-15)27-3)16-7-5-14(6-8-16)9-17(21(24)25)22-13-23/h5-8,10-11,13,17H,4,9,12H2,1-3H3,(H,22,23)(H,24,25)/t17-/m0/s1. The second kappa shape index (κ2) is 10.3. The van der Waals surface area contributed by atoms with Gasteiger partial charge in [0.05, 0.1) is 26.4 Å². The number of carboxylic acid groups (broad SMARTS) is 1. The highest BCUT2D eigenvalue weighted by molar-refractivity contribution is 5.78. The van der Waals surface area contributed by atoms with E-state index in [0.29, 0.717) is 31.1 Å². The van der Waals surface area contributed by atoms with E-state index < -0.39 is 12.0 Å². The van der Waals surface area contributed by atoms with E-state index in [1.165, 1.54) is 0 Å². The van der Waals surface area contributed by atoms with Gasteiger partial charge >= 0.3 is 5.97 Å². The average molecular weight is 387 g/mol. The first-order valence-corrected chi connectivity index (χ1v) is 8.88. The molecule has 0 aliphatic rings. The highest BCUT2D eigenvalue weighted by Gasteiger charge is 2.18. The fourth-order valence-corrected chi connectivity index (χ4v) is 2.90. The molecule has 28 heavy (non-hydrogen) atoms. The van der Waals surface area contributed by atoms with Crippen LogP contribution in [0.4, 0.5) is 0 Å². The Hall–Kier alpha value is -3.06. The maximum absolute atomic E-state index is 11.2. The van der Waals surface area contributed by atoms with Gasteiger partial charge in [-0.15, -0.1) is 0 Å². The Morgan fingerprint density at radius 1 is 1.11 bits per heavy atom. The summed E-state index contributed by atoms with van der Waals surface area (Å²) in [5.74, 6) is 0.241. The van der Waals surface area contributed by atoms with E-state index in [1.54, 1.807) is 14.2 Å². The smallest absolute Gasteiger partial charge is 0.326 e. The summed E-state index contributed by atoms with van der Waals surface area (Å²) in [4.78, 5) is 21.8. The molecule has 1 atom stereocenters. The van der Waals surface area contributed by atoms with Crippen molar-refractivity contribution in [3.63, 3.8) is 0 Å². The lowest BCUT2D eigenvalue weighted by Gasteiger charge is -2.16. The Labute approximate surface area is 164 Å². The van der Waals surface area contributed by atoms with Gasteiger partial charge in [0, 0.05) is 13.0 Å². The van der Waals surface area contributed by atoms with Gasteiger partial charge in [0.25, 0.3) is 0 Å². The van der Waals surface area contributed by atoms with Crippen LogP contribution in [0, 0.1) is 0 Å². The van der Waals surface area contributed by atoms with Crippen LogP contribution in [-0.2, 0) is 27.4 Å². The number of ether oxygens (including phenoxy) is 3. The molecule has 0 heterocycles. The number of methoxy groups -OCH3 is 2. The number of carbonyl (C=O) groups is 2. The minimum absolute atomic E-state index is 0.190. The lowest BCUT2D eigenvalue weighted by Crippen LogP contribution is -2.37. The predicted octanol–water partition coefficient (Wildman–Crippen LogP) is 2.65. The van der Waals surface area contributed by atoms with Crippen molar-refractivity contribution >= 4 is 12.4 Å². The molecule has 2 aromatic rings. The van der Waals surface area contributed by atoms with Gasteiger partial charge in [0.1, 0.15) is 17.5 Å². The van der Waals surface area contributed by atoms with Crippen molar-refractivity contribution < 1.29 is 28.9 Å². The molecule has 2 rings (SSSR count). The quantitative estimate of drug-likeness (QED) is 0.576. The summed E-state index contributed by atoms with van der Waals surface area (Å²) in [6, 6.07) is 10.3. The number of nitrogens with one attached hydrogen (secondary N) is 1. The Kier molecular flexibility index (Phi) is 7.83. The summed E-state index contributed by atoms with van der Waals surface area (Å²) >= 11 is 0. The van der Waals surface area contributed by atoms with Crippen molar-refractivity contribution in [1.82, 2.24) is 5.32 Å². The van der Waals surface area contributed by atoms with Crippen LogP contribution < -0.4 is 14.8 Å². The van der Waals surface area contributed by atoms with Gasteiger partial charge in [-0.3, -0.25) is 4.79 Å². The molecule has 0 aromatic heterocycles. The summed E-state index contributed by atoms with van der Waals surface area (Å²) in [5.41, 5.74) is 3.41. The second-order valence-electron chi connectivity index (χ2n) is 6.09. The van der Waals surface area contributed by atoms with Crippen molar-refractivity contribution in [3.8, 4) is 22.6 Å². The zero-order valence-corrected chi connectivity index (χ0v) is 16.2. The Balaban J connectivity index is 2.33. The number of hydrogen-bond acceptors (Lipinski definition) is 5. The summed E-state index contributed by atoms with van der Waals surface area (Å²) < 4.78 is 16.6. The van der Waals surface area contributed by atoms with Gasteiger partial charge in [-0.1, -0.05) is 24.3 Å². The summed E-state index contributed by atoms with van der Waals surface area (Å²) in [6.45, 7) is 3.01. The van der Waals surface area contributed by atoms with Gasteiger partial charge in [-0.05, 0) is 35.7 Å². The zero-order chi connectivity index (χ0) is 20.5. The van der Waals surface area contributed by atoms with Crippen molar-refractivity contribution in [1.29, 1.82) is 0 Å². The predicted molar refractivity (Wildman–Crippen MR) is 105 cm³/mol. The number of carboxylic acids is 1. The lowest BCUT2D eigenvalue weighted by atomic mass is 9.98. The molecule has 0 fully saturated rings. The largest absolute Gasteiger partial charge is 0.496 e. The number of rotatable bonds is 11. The third-order valence-electron chi connectivity index (χ3n) is 4.29. The monoisotopic (exact) mass is 387 g/mol. The zero-order valence-electron chi connectivity index (χ0n) is 16.2. The first-order valence-electron chi connectivity index (χ1n) is 8.88. The van der Waals surface area contributed by atoms with Crippen LogP contribution in [0.15, 0.2) is 36.4 Å². The van der Waals surface area contributed by atoms with Crippen molar-refractivity contribution in [2.24, 2.45) is 0 Å². The van der Waals surface area contributed by atoms with Gasteiger partial charge in [-0.2, -0.15) is 0 Å². The molecule has 0 aliphatic heterocycles. The van der Waals surface area contributed by atoms with Crippen LogP contribution in [-0.4, -0.2) is 44.4 Å². The molecule has 0 saturated carbocycles. The Bertz CT molecular complexity index is 778. The molecule has 0 spiro atoms. The van der Waals surface area contributed by atoms with Crippen LogP contribution in [0.25, 0.3) is 11.1 Å². The molecule has 1 amide bonds. The second-order valence-corrected chi connectivity index (χ2v) is 6.09. The number of aliphatic carboxylic acids is 1. The topological polar surface area (TPSA) is 94.1 Å². The van der Waals surface area contributed by atoms with Crippen LogP contribution >= 0.6 is 0 Å². The molecule has 0 radical (unpaired) electrons. The Morgan fingerprint density at radius 2 is 1.71 bits per heavy atom. The molecular weight excluding hydrogens is 362 g/mol. The van der Waals surface area contributed by atoms with Crippen molar-refractivity contribution in [3.05, 3.63) is 47.5 Å². The van der Waals surface area contributed by atoms with Crippen molar-refractivity contribution in [2.45, 2.75) is 26.0 Å². The van der Waals surface area contributed by atoms with E-state index >= 15 is 0 Å². The summed E-state index contributed by atoms with van der Waals surface area (Å²) in [5, 5.41) is 11.5. The molecular formula is C21H25NO6. The molecule has 0 aliphatic carbocycles. The van der Waals surface area contributed by atoms with Crippen molar-refractivity contribution in [2.75, 3.05) is 20.8 Å². The molecule has 0 unspecified atom stereocenters. The number of amides is 1. The first-order chi connectivity index (χ1) is 13.5. The highest BCUT2D eigenvalue weighted by atomic mass is 16.5. The summed E-state index contributed by atoms with van der Waals surface area (Å²) in [7, 11) is 3.19. The van der Waals surface area contributed by atoms with E-state index in [2.05, 4.69) is 5.32 Å². The third-order valence-corrected chi connectivity index (χ3v) is 4.29. The van der Waals surface area contributed by atoms with Gasteiger partial charge in [-0.25, -0.2) is 4.79 Å². The first kappa shape index (κ1) is 21.2. The van der Waals surface area contributed by atoms with Crippen LogP contribution in [0.1, 0.15) is 18.1 Å². The number of carbonyl (C=O) groups excluding carboxylic acids is 1. The highest BCUT2D eigenvalue weighted by Crippen LogP contribution is 2.39. The minimum atomic E-state index is -1.08. The van der Waals surface area contributed by atoms with E-state index in [1.807, 2.05) is 43.3 Å². The molecule has 7 nitrogen and oxygen atoms in total. The van der Waals surface area contributed by atoms with E-state index in [4.69, 9.17) is 19.3 Å². The Morgan fingerprint density at radius 3 is 2.18 bits per heavy atom. The molecule has 150 valence electrons. The molecule has 2 N–H and O–H groups in total. The maximum Gasteiger partial charge on any atom is 0.326 e. The SMILES string of the molecule is CCOCc1cc(OC)c(-c2ccc(C[C@H](NC=O)C(=O)O)cc2)c(OC)c1. The fourth-order valence-electron chi connectivity index (χ4n) is 2.90.